The number of hydrogen-bond donors (Lipinski definition) is 1. The van der Waals surface area contributed by atoms with Crippen LogP contribution in [-0.2, 0) is 11.2 Å². The topological polar surface area (TPSA) is 86.5 Å². The summed E-state index contributed by atoms with van der Waals surface area (Å²) in [6, 6.07) is 15.2. The second kappa shape index (κ2) is 8.18. The van der Waals surface area contributed by atoms with Crippen molar-refractivity contribution < 1.29 is 18.8 Å². The summed E-state index contributed by atoms with van der Waals surface area (Å²) in [5.41, 5.74) is 1.87. The van der Waals surface area contributed by atoms with Gasteiger partial charge in [-0.25, -0.2) is 0 Å². The van der Waals surface area contributed by atoms with E-state index in [1.165, 1.54) is 0 Å². The molecule has 154 valence electrons. The van der Waals surface area contributed by atoms with Gasteiger partial charge in [-0.3, -0.25) is 4.79 Å². The van der Waals surface area contributed by atoms with E-state index >= 15 is 0 Å². The van der Waals surface area contributed by atoms with Gasteiger partial charge in [0.1, 0.15) is 6.04 Å². The van der Waals surface area contributed by atoms with Gasteiger partial charge in [-0.1, -0.05) is 48.3 Å². The number of aromatic nitrogens is 2. The first-order valence-electron chi connectivity index (χ1n) is 10.3. The number of nitrogens with one attached hydrogen (secondary N) is 1. The van der Waals surface area contributed by atoms with Crippen LogP contribution < -0.4 is 14.8 Å². The molecule has 2 aromatic carbocycles. The molecule has 7 heteroatoms. The van der Waals surface area contributed by atoms with Crippen molar-refractivity contribution in [2.24, 2.45) is 5.92 Å². The molecule has 1 aliphatic heterocycles. The van der Waals surface area contributed by atoms with Crippen molar-refractivity contribution >= 4 is 5.91 Å². The molecule has 2 aliphatic rings. The SMILES string of the molecule is O=C(NC(Cc1ccccc1)c1nc(-c2ccc3c(c2)OCO3)no1)C1CCCC1. The molecule has 7 nitrogen and oxygen atoms in total. The van der Waals surface area contributed by atoms with Gasteiger partial charge in [-0.15, -0.1) is 0 Å². The molecule has 1 saturated carbocycles. The van der Waals surface area contributed by atoms with Gasteiger partial charge < -0.3 is 19.3 Å². The predicted molar refractivity (Wildman–Crippen MR) is 109 cm³/mol. The molecule has 0 spiro atoms. The third kappa shape index (κ3) is 3.87. The Morgan fingerprint density at radius 3 is 2.70 bits per heavy atom. The van der Waals surface area contributed by atoms with Gasteiger partial charge in [0, 0.05) is 17.9 Å². The number of amides is 1. The van der Waals surface area contributed by atoms with Crippen LogP contribution in [0.1, 0.15) is 43.2 Å². The Morgan fingerprint density at radius 2 is 1.87 bits per heavy atom. The number of rotatable bonds is 6. The lowest BCUT2D eigenvalue weighted by atomic mass is 10.0. The number of nitrogens with zero attached hydrogens (tertiary/aromatic N) is 2. The average molecular weight is 405 g/mol. The van der Waals surface area contributed by atoms with Gasteiger partial charge in [0.2, 0.25) is 24.4 Å². The van der Waals surface area contributed by atoms with Crippen LogP contribution in [0.3, 0.4) is 0 Å². The average Bonchev–Trinajstić information content (AvgIpc) is 3.55. The van der Waals surface area contributed by atoms with E-state index in [1.807, 2.05) is 48.5 Å². The van der Waals surface area contributed by atoms with Crippen LogP contribution in [0.25, 0.3) is 11.4 Å². The summed E-state index contributed by atoms with van der Waals surface area (Å²) in [6.45, 7) is 0.211. The Kier molecular flexibility index (Phi) is 5.09. The van der Waals surface area contributed by atoms with Gasteiger partial charge >= 0.3 is 0 Å². The summed E-state index contributed by atoms with van der Waals surface area (Å²) in [4.78, 5) is 17.4. The lowest BCUT2D eigenvalue weighted by Gasteiger charge is -2.18. The molecular weight excluding hydrogens is 382 g/mol. The largest absolute Gasteiger partial charge is 0.454 e. The Morgan fingerprint density at radius 1 is 1.07 bits per heavy atom. The Balaban J connectivity index is 1.40. The van der Waals surface area contributed by atoms with Crippen molar-refractivity contribution in [1.29, 1.82) is 0 Å². The van der Waals surface area contributed by atoms with E-state index in [0.717, 1.165) is 36.8 Å². The first-order chi connectivity index (χ1) is 14.8. The van der Waals surface area contributed by atoms with Crippen LogP contribution >= 0.6 is 0 Å². The standard InChI is InChI=1S/C23H23N3O4/c27-22(16-8-4-5-9-16)24-18(12-15-6-2-1-3-7-15)23-25-21(26-30-23)17-10-11-19-20(13-17)29-14-28-19/h1-3,6-7,10-11,13,16,18H,4-5,8-9,12,14H2,(H,24,27). The molecule has 2 heterocycles. The summed E-state index contributed by atoms with van der Waals surface area (Å²) in [5.74, 6) is 2.35. The molecule has 1 atom stereocenters. The molecule has 0 radical (unpaired) electrons. The lowest BCUT2D eigenvalue weighted by molar-refractivity contribution is -0.125. The molecule has 0 bridgehead atoms. The van der Waals surface area contributed by atoms with Gasteiger partial charge in [0.25, 0.3) is 0 Å². The summed E-state index contributed by atoms with van der Waals surface area (Å²) in [5, 5.41) is 7.30. The van der Waals surface area contributed by atoms with Crippen molar-refractivity contribution in [2.45, 2.75) is 38.1 Å². The van der Waals surface area contributed by atoms with E-state index in [1.54, 1.807) is 0 Å². The highest BCUT2D eigenvalue weighted by Gasteiger charge is 2.28. The van der Waals surface area contributed by atoms with Crippen LogP contribution in [0.15, 0.2) is 53.1 Å². The van der Waals surface area contributed by atoms with Gasteiger partial charge in [0.05, 0.1) is 0 Å². The van der Waals surface area contributed by atoms with E-state index in [4.69, 9.17) is 14.0 Å². The fourth-order valence-electron chi connectivity index (χ4n) is 4.06. The minimum absolute atomic E-state index is 0.0660. The van der Waals surface area contributed by atoms with E-state index in [2.05, 4.69) is 15.5 Å². The molecule has 3 aromatic rings. The van der Waals surface area contributed by atoms with Crippen molar-refractivity contribution in [3.05, 3.63) is 60.0 Å². The number of carbonyl (C=O) groups excluding carboxylic acids is 1. The Hall–Kier alpha value is -3.35. The quantitative estimate of drug-likeness (QED) is 0.666. The predicted octanol–water partition coefficient (Wildman–Crippen LogP) is 4.06. The molecular formula is C23H23N3O4. The number of carbonyl (C=O) groups is 1. The van der Waals surface area contributed by atoms with Crippen LogP contribution in [0, 0.1) is 5.92 Å². The monoisotopic (exact) mass is 405 g/mol. The minimum Gasteiger partial charge on any atom is -0.454 e. The molecule has 0 saturated heterocycles. The summed E-state index contributed by atoms with van der Waals surface area (Å²) >= 11 is 0. The maximum absolute atomic E-state index is 12.8. The van der Waals surface area contributed by atoms with Crippen LogP contribution in [0.4, 0.5) is 0 Å². The smallest absolute Gasteiger partial charge is 0.249 e. The Bertz CT molecular complexity index is 1030. The molecule has 1 amide bonds. The molecule has 30 heavy (non-hydrogen) atoms. The van der Waals surface area contributed by atoms with Gasteiger partial charge in [-0.2, -0.15) is 4.98 Å². The summed E-state index contributed by atoms with van der Waals surface area (Å²) < 4.78 is 16.4. The zero-order valence-electron chi connectivity index (χ0n) is 16.5. The van der Waals surface area contributed by atoms with Gasteiger partial charge in [0.15, 0.2) is 11.5 Å². The highest BCUT2D eigenvalue weighted by atomic mass is 16.7. The number of ether oxygens (including phenoxy) is 2. The molecule has 5 rings (SSSR count). The van der Waals surface area contributed by atoms with Crippen molar-refractivity contribution in [3.63, 3.8) is 0 Å². The van der Waals surface area contributed by atoms with Gasteiger partial charge in [-0.05, 0) is 36.6 Å². The van der Waals surface area contributed by atoms with E-state index in [9.17, 15) is 4.79 Å². The molecule has 1 aliphatic carbocycles. The lowest BCUT2D eigenvalue weighted by Crippen LogP contribution is -2.34. The van der Waals surface area contributed by atoms with E-state index in [-0.39, 0.29) is 24.7 Å². The Labute approximate surface area is 174 Å². The maximum atomic E-state index is 12.8. The van der Waals surface area contributed by atoms with E-state index in [0.29, 0.717) is 29.6 Å². The first-order valence-corrected chi connectivity index (χ1v) is 10.3. The molecule has 1 aromatic heterocycles. The third-order valence-corrected chi connectivity index (χ3v) is 5.70. The number of benzene rings is 2. The second-order valence-corrected chi connectivity index (χ2v) is 7.76. The summed E-state index contributed by atoms with van der Waals surface area (Å²) in [7, 11) is 0. The van der Waals surface area contributed by atoms with Crippen molar-refractivity contribution in [1.82, 2.24) is 15.5 Å². The normalized spacial score (nSPS) is 16.5. The highest BCUT2D eigenvalue weighted by Crippen LogP contribution is 2.35. The molecule has 1 unspecified atom stereocenters. The van der Waals surface area contributed by atoms with Crippen LogP contribution in [0.2, 0.25) is 0 Å². The first kappa shape index (κ1) is 18.7. The number of fused-ring (bicyclic) bond motifs is 1. The zero-order valence-corrected chi connectivity index (χ0v) is 16.5. The van der Waals surface area contributed by atoms with Crippen molar-refractivity contribution in [2.75, 3.05) is 6.79 Å². The number of hydrogen-bond acceptors (Lipinski definition) is 6. The van der Waals surface area contributed by atoms with Crippen LogP contribution in [0.5, 0.6) is 11.5 Å². The minimum atomic E-state index is -0.379. The fourth-order valence-corrected chi connectivity index (χ4v) is 4.06. The molecule has 1 N–H and O–H groups in total. The van der Waals surface area contributed by atoms with Crippen LogP contribution in [-0.4, -0.2) is 22.8 Å². The zero-order chi connectivity index (χ0) is 20.3. The second-order valence-electron chi connectivity index (χ2n) is 7.76. The fraction of sp³-hybridized carbons (Fsp3) is 0.348. The highest BCUT2D eigenvalue weighted by molar-refractivity contribution is 5.79. The summed E-state index contributed by atoms with van der Waals surface area (Å²) in [6.07, 6.45) is 4.68. The molecule has 1 fully saturated rings. The van der Waals surface area contributed by atoms with Crippen molar-refractivity contribution in [3.8, 4) is 22.9 Å². The maximum Gasteiger partial charge on any atom is 0.249 e. The van der Waals surface area contributed by atoms with E-state index < -0.39 is 0 Å². The third-order valence-electron chi connectivity index (χ3n) is 5.70.